The van der Waals surface area contributed by atoms with Gasteiger partial charge in [-0.3, -0.25) is 4.79 Å². The molecule has 2 aromatic heterocycles. The molecule has 94 valence electrons. The van der Waals surface area contributed by atoms with Crippen molar-refractivity contribution in [3.05, 3.63) is 15.7 Å². The number of H-pyrrole nitrogens is 1. The first-order chi connectivity index (χ1) is 8.63. The van der Waals surface area contributed by atoms with Gasteiger partial charge in [0.05, 0.1) is 12.5 Å². The summed E-state index contributed by atoms with van der Waals surface area (Å²) in [6.45, 7) is 1.94. The molecule has 5 nitrogen and oxygen atoms in total. The molecular weight excluding hydrogens is 316 g/mol. The van der Waals surface area contributed by atoms with Crippen LogP contribution in [-0.4, -0.2) is 21.9 Å². The van der Waals surface area contributed by atoms with Crippen molar-refractivity contribution < 1.29 is 4.79 Å². The molecule has 0 aliphatic carbocycles. The van der Waals surface area contributed by atoms with Gasteiger partial charge in [0, 0.05) is 6.04 Å². The molecule has 2 heterocycles. The summed E-state index contributed by atoms with van der Waals surface area (Å²) in [7, 11) is 0. The summed E-state index contributed by atoms with van der Waals surface area (Å²) in [5.41, 5.74) is 1.25. The number of amides is 1. The van der Waals surface area contributed by atoms with Gasteiger partial charge in [0.1, 0.15) is 16.0 Å². The molecule has 1 unspecified atom stereocenters. The monoisotopic (exact) mass is 326 g/mol. The number of rotatable bonds is 4. The summed E-state index contributed by atoms with van der Waals surface area (Å²) in [5.74, 6) is -0.196. The lowest BCUT2D eigenvalue weighted by Crippen LogP contribution is -2.34. The Morgan fingerprint density at radius 2 is 2.56 bits per heavy atom. The number of aromatic nitrogens is 2. The summed E-state index contributed by atoms with van der Waals surface area (Å²) in [5, 5.41) is 11.5. The van der Waals surface area contributed by atoms with Crippen molar-refractivity contribution in [2.24, 2.45) is 0 Å². The van der Waals surface area contributed by atoms with Crippen LogP contribution in [0.1, 0.15) is 30.3 Å². The maximum Gasteiger partial charge on any atom is 0.268 e. The van der Waals surface area contributed by atoms with Crippen LogP contribution in [0, 0.1) is 11.3 Å². The van der Waals surface area contributed by atoms with Crippen LogP contribution in [0.4, 0.5) is 0 Å². The number of aromatic amines is 1. The summed E-state index contributed by atoms with van der Waals surface area (Å²) in [6.07, 6.45) is 1.05. The van der Waals surface area contributed by atoms with Crippen LogP contribution >= 0.6 is 27.3 Å². The highest BCUT2D eigenvalue weighted by atomic mass is 79.9. The fourth-order valence-electron chi connectivity index (χ4n) is 1.58. The van der Waals surface area contributed by atoms with Crippen LogP contribution in [-0.2, 0) is 0 Å². The largest absolute Gasteiger partial charge is 0.347 e. The molecule has 0 radical (unpaired) electrons. The van der Waals surface area contributed by atoms with Gasteiger partial charge < -0.3 is 10.3 Å². The van der Waals surface area contributed by atoms with Crippen molar-refractivity contribution in [2.45, 2.75) is 25.8 Å². The van der Waals surface area contributed by atoms with E-state index in [-0.39, 0.29) is 11.9 Å². The zero-order chi connectivity index (χ0) is 13.1. The molecular formula is C11H11BrN4OS. The Labute approximate surface area is 116 Å². The Morgan fingerprint density at radius 1 is 1.78 bits per heavy atom. The highest BCUT2D eigenvalue weighted by Gasteiger charge is 2.15. The van der Waals surface area contributed by atoms with E-state index in [1.807, 2.05) is 6.92 Å². The molecule has 18 heavy (non-hydrogen) atoms. The number of halogens is 1. The Morgan fingerprint density at radius 3 is 3.17 bits per heavy atom. The minimum Gasteiger partial charge on any atom is -0.347 e. The van der Waals surface area contributed by atoms with Gasteiger partial charge in [-0.05, 0) is 28.4 Å². The summed E-state index contributed by atoms with van der Waals surface area (Å²) < 4.78 is 0.784. The first kappa shape index (κ1) is 13.1. The van der Waals surface area contributed by atoms with Gasteiger partial charge >= 0.3 is 0 Å². The first-order valence-corrected chi connectivity index (χ1v) is 7.07. The van der Waals surface area contributed by atoms with E-state index < -0.39 is 0 Å². The second-order valence-electron chi connectivity index (χ2n) is 3.81. The third-order valence-corrected chi connectivity index (χ3v) is 4.00. The van der Waals surface area contributed by atoms with Crippen molar-refractivity contribution in [2.75, 3.05) is 0 Å². The third-order valence-electron chi connectivity index (χ3n) is 2.57. The first-order valence-electron chi connectivity index (χ1n) is 5.47. The number of hydrogen-bond acceptors (Lipinski definition) is 4. The third kappa shape index (κ3) is 2.71. The Hall–Kier alpha value is -1.39. The molecule has 0 aromatic carbocycles. The zero-order valence-electron chi connectivity index (χ0n) is 9.66. The summed E-state index contributed by atoms with van der Waals surface area (Å²) in [4.78, 5) is 20.1. The molecule has 1 amide bonds. The minimum absolute atomic E-state index is 0.108. The van der Waals surface area contributed by atoms with Gasteiger partial charge in [-0.25, -0.2) is 4.98 Å². The van der Waals surface area contributed by atoms with Gasteiger partial charge in [-0.15, -0.1) is 0 Å². The van der Waals surface area contributed by atoms with Gasteiger partial charge in [-0.2, -0.15) is 5.26 Å². The molecule has 0 saturated heterocycles. The van der Waals surface area contributed by atoms with E-state index in [0.29, 0.717) is 12.1 Å². The molecule has 0 aliphatic heterocycles. The van der Waals surface area contributed by atoms with Gasteiger partial charge in [-0.1, -0.05) is 18.3 Å². The van der Waals surface area contributed by atoms with Crippen molar-refractivity contribution in [1.29, 1.82) is 5.26 Å². The van der Waals surface area contributed by atoms with Crippen molar-refractivity contribution >= 4 is 43.5 Å². The van der Waals surface area contributed by atoms with E-state index in [9.17, 15) is 4.79 Å². The highest BCUT2D eigenvalue weighted by Crippen LogP contribution is 2.25. The quantitative estimate of drug-likeness (QED) is 0.906. The summed E-state index contributed by atoms with van der Waals surface area (Å²) >= 11 is 4.73. The van der Waals surface area contributed by atoms with E-state index in [1.54, 1.807) is 6.07 Å². The van der Waals surface area contributed by atoms with Crippen LogP contribution in [0.3, 0.4) is 0 Å². The highest BCUT2D eigenvalue weighted by molar-refractivity contribution is 9.11. The van der Waals surface area contributed by atoms with E-state index in [0.717, 1.165) is 20.7 Å². The predicted octanol–water partition coefficient (Wildman–Crippen LogP) is 2.81. The average Bonchev–Trinajstić information content (AvgIpc) is 2.85. The molecule has 0 saturated carbocycles. The summed E-state index contributed by atoms with van der Waals surface area (Å²) in [6, 6.07) is 3.67. The molecule has 0 bridgehead atoms. The number of nitrogens with one attached hydrogen (secondary N) is 2. The number of nitrogens with zero attached hydrogens (tertiary/aromatic N) is 2. The maximum absolute atomic E-state index is 12.0. The van der Waals surface area contributed by atoms with Crippen molar-refractivity contribution in [1.82, 2.24) is 15.3 Å². The molecule has 2 N–H and O–H groups in total. The molecule has 2 aromatic rings. The zero-order valence-corrected chi connectivity index (χ0v) is 12.1. The van der Waals surface area contributed by atoms with Crippen LogP contribution in [0.15, 0.2) is 9.98 Å². The second-order valence-corrected chi connectivity index (χ2v) is 6.08. The van der Waals surface area contributed by atoms with Crippen LogP contribution in [0.25, 0.3) is 10.3 Å². The van der Waals surface area contributed by atoms with E-state index in [1.165, 1.54) is 11.3 Å². The van der Waals surface area contributed by atoms with Crippen LogP contribution in [0.5, 0.6) is 0 Å². The fourth-order valence-corrected chi connectivity index (χ4v) is 2.94. The number of nitriles is 1. The molecule has 0 aliphatic rings. The topological polar surface area (TPSA) is 81.6 Å². The van der Waals surface area contributed by atoms with Crippen LogP contribution in [0.2, 0.25) is 0 Å². The molecule has 0 fully saturated rings. The molecule has 2 rings (SSSR count). The van der Waals surface area contributed by atoms with Gasteiger partial charge in [0.25, 0.3) is 5.91 Å². The maximum atomic E-state index is 12.0. The predicted molar refractivity (Wildman–Crippen MR) is 73.4 cm³/mol. The normalized spacial score (nSPS) is 12.3. The number of hydrogen-bond donors (Lipinski definition) is 2. The standard InChI is InChI=1S/C11H11BrN4OS/c1-2-6(3-4-13)14-9(17)7-5-8-10(15-7)18-11(12)16-8/h5-6,15H,2-3H2,1H3,(H,14,17). The second kappa shape index (κ2) is 5.50. The average molecular weight is 327 g/mol. The Bertz CT molecular complexity index is 581. The van der Waals surface area contributed by atoms with Gasteiger partial charge in [0.15, 0.2) is 3.92 Å². The lowest BCUT2D eigenvalue weighted by Gasteiger charge is -2.12. The molecule has 0 spiro atoms. The number of carbonyl (C=O) groups is 1. The Kier molecular flexibility index (Phi) is 3.99. The smallest absolute Gasteiger partial charge is 0.268 e. The van der Waals surface area contributed by atoms with Crippen molar-refractivity contribution in [3.8, 4) is 6.07 Å². The van der Waals surface area contributed by atoms with E-state index in [4.69, 9.17) is 5.26 Å². The SMILES string of the molecule is CCC(CC#N)NC(=O)c1cc2nc(Br)sc2[nH]1. The lowest BCUT2D eigenvalue weighted by molar-refractivity contribution is 0.0932. The minimum atomic E-state index is -0.196. The van der Waals surface area contributed by atoms with E-state index in [2.05, 4.69) is 37.3 Å². The molecule has 1 atom stereocenters. The number of fused-ring (bicyclic) bond motifs is 1. The number of thiazole rings is 1. The van der Waals surface area contributed by atoms with Crippen molar-refractivity contribution in [3.63, 3.8) is 0 Å². The lowest BCUT2D eigenvalue weighted by atomic mass is 10.1. The van der Waals surface area contributed by atoms with Crippen LogP contribution < -0.4 is 5.32 Å². The Balaban J connectivity index is 2.13. The van der Waals surface area contributed by atoms with Gasteiger partial charge in [0.2, 0.25) is 0 Å². The molecule has 7 heteroatoms. The van der Waals surface area contributed by atoms with E-state index >= 15 is 0 Å². The number of carbonyl (C=O) groups excluding carboxylic acids is 1. The fraction of sp³-hybridized carbons (Fsp3) is 0.364.